The first-order valence-electron chi connectivity index (χ1n) is 6.57. The van der Waals surface area contributed by atoms with Crippen LogP contribution >= 0.6 is 0 Å². The maximum Gasteiger partial charge on any atom is 0.158 e. The van der Waals surface area contributed by atoms with Gasteiger partial charge in [0.05, 0.1) is 17.2 Å². The lowest BCUT2D eigenvalue weighted by Gasteiger charge is -2.08. The number of hydrogen-bond donors (Lipinski definition) is 1. The summed E-state index contributed by atoms with van der Waals surface area (Å²) in [5.41, 5.74) is 8.62. The summed E-state index contributed by atoms with van der Waals surface area (Å²) in [6, 6.07) is 9.80. The molecule has 0 radical (unpaired) electrons. The van der Waals surface area contributed by atoms with Crippen molar-refractivity contribution in [1.29, 1.82) is 0 Å². The number of rotatable bonds is 4. The Labute approximate surface area is 124 Å². The van der Waals surface area contributed by atoms with Crippen molar-refractivity contribution in [3.05, 3.63) is 64.5 Å². The minimum atomic E-state index is -3.36. The van der Waals surface area contributed by atoms with Crippen molar-refractivity contribution in [1.82, 2.24) is 0 Å². The SMILES string of the molecule is Cc1cc(C)cc(CS(=O)(=O)Cc2ccc(N)c(F)c2)c1. The van der Waals surface area contributed by atoms with Crippen molar-refractivity contribution >= 4 is 15.5 Å². The van der Waals surface area contributed by atoms with Crippen molar-refractivity contribution in [3.63, 3.8) is 0 Å². The summed E-state index contributed by atoms with van der Waals surface area (Å²) in [6.07, 6.45) is 0. The molecule has 0 amide bonds. The van der Waals surface area contributed by atoms with Crippen LogP contribution in [0.25, 0.3) is 0 Å². The fourth-order valence-electron chi connectivity index (χ4n) is 2.37. The fourth-order valence-corrected chi connectivity index (χ4v) is 3.84. The molecule has 0 aromatic heterocycles. The fraction of sp³-hybridized carbons (Fsp3) is 0.250. The van der Waals surface area contributed by atoms with Gasteiger partial charge in [-0.05, 0) is 37.1 Å². The van der Waals surface area contributed by atoms with Crippen LogP contribution in [0, 0.1) is 19.7 Å². The minimum Gasteiger partial charge on any atom is -0.396 e. The molecule has 0 aliphatic heterocycles. The Kier molecular flexibility index (Phi) is 4.32. The molecule has 0 unspecified atom stereocenters. The molecule has 0 saturated heterocycles. The average Bonchev–Trinajstić information content (AvgIpc) is 2.31. The second-order valence-corrected chi connectivity index (χ2v) is 7.45. The summed E-state index contributed by atoms with van der Waals surface area (Å²) in [5.74, 6) is -0.840. The molecule has 21 heavy (non-hydrogen) atoms. The highest BCUT2D eigenvalue weighted by Gasteiger charge is 2.14. The normalized spacial score (nSPS) is 11.6. The van der Waals surface area contributed by atoms with Crippen molar-refractivity contribution in [2.45, 2.75) is 25.4 Å². The van der Waals surface area contributed by atoms with E-state index in [-0.39, 0.29) is 17.2 Å². The quantitative estimate of drug-likeness (QED) is 0.883. The third-order valence-corrected chi connectivity index (χ3v) is 4.67. The Morgan fingerprint density at radius 2 is 1.52 bits per heavy atom. The van der Waals surface area contributed by atoms with Gasteiger partial charge in [0.25, 0.3) is 0 Å². The highest BCUT2D eigenvalue weighted by molar-refractivity contribution is 7.89. The predicted molar refractivity (Wildman–Crippen MR) is 83.1 cm³/mol. The number of halogens is 1. The Morgan fingerprint density at radius 3 is 2.10 bits per heavy atom. The van der Waals surface area contributed by atoms with Gasteiger partial charge in [0.1, 0.15) is 5.82 Å². The molecule has 3 nitrogen and oxygen atoms in total. The first-order valence-corrected chi connectivity index (χ1v) is 8.39. The van der Waals surface area contributed by atoms with Crippen LogP contribution in [0.15, 0.2) is 36.4 Å². The van der Waals surface area contributed by atoms with Gasteiger partial charge in [0.15, 0.2) is 9.84 Å². The van der Waals surface area contributed by atoms with Gasteiger partial charge < -0.3 is 5.73 Å². The number of nitrogen functional groups attached to an aromatic ring is 1. The smallest absolute Gasteiger partial charge is 0.158 e. The van der Waals surface area contributed by atoms with Crippen molar-refractivity contribution in [3.8, 4) is 0 Å². The highest BCUT2D eigenvalue weighted by atomic mass is 32.2. The minimum absolute atomic E-state index is 0.0189. The summed E-state index contributed by atoms with van der Waals surface area (Å²) in [4.78, 5) is 0. The van der Waals surface area contributed by atoms with Gasteiger partial charge in [-0.1, -0.05) is 35.4 Å². The molecule has 0 fully saturated rings. The molecule has 5 heteroatoms. The Bertz CT molecular complexity index is 750. The molecule has 2 N–H and O–H groups in total. The third kappa shape index (κ3) is 4.29. The lowest BCUT2D eigenvalue weighted by molar-refractivity contribution is 0.594. The summed E-state index contributed by atoms with van der Waals surface area (Å²) in [7, 11) is -3.36. The maximum absolute atomic E-state index is 13.4. The third-order valence-electron chi connectivity index (χ3n) is 3.12. The van der Waals surface area contributed by atoms with E-state index in [1.54, 1.807) is 0 Å². The molecule has 0 spiro atoms. The average molecular weight is 307 g/mol. The van der Waals surface area contributed by atoms with Crippen LogP contribution in [-0.2, 0) is 21.3 Å². The van der Waals surface area contributed by atoms with Crippen molar-refractivity contribution < 1.29 is 12.8 Å². The van der Waals surface area contributed by atoms with E-state index < -0.39 is 15.7 Å². The predicted octanol–water partition coefficient (Wildman–Crippen LogP) is 3.14. The van der Waals surface area contributed by atoms with E-state index in [1.807, 2.05) is 32.0 Å². The van der Waals surface area contributed by atoms with E-state index in [0.717, 1.165) is 16.7 Å². The number of hydrogen-bond acceptors (Lipinski definition) is 3. The van der Waals surface area contributed by atoms with E-state index >= 15 is 0 Å². The zero-order valence-electron chi connectivity index (χ0n) is 12.1. The second kappa shape index (κ2) is 5.85. The molecule has 0 bridgehead atoms. The Morgan fingerprint density at radius 1 is 0.952 bits per heavy atom. The van der Waals surface area contributed by atoms with Crippen molar-refractivity contribution in [2.24, 2.45) is 0 Å². The van der Waals surface area contributed by atoms with Gasteiger partial charge in [0.2, 0.25) is 0 Å². The molecule has 0 heterocycles. The molecule has 2 rings (SSSR count). The van der Waals surface area contributed by atoms with Crippen molar-refractivity contribution in [2.75, 3.05) is 5.73 Å². The molecule has 112 valence electrons. The van der Waals surface area contributed by atoms with Gasteiger partial charge in [-0.15, -0.1) is 0 Å². The largest absolute Gasteiger partial charge is 0.396 e. The first kappa shape index (κ1) is 15.5. The number of sulfone groups is 1. The van der Waals surface area contributed by atoms with E-state index in [0.29, 0.717) is 5.56 Å². The highest BCUT2D eigenvalue weighted by Crippen LogP contribution is 2.18. The second-order valence-electron chi connectivity index (χ2n) is 5.38. The zero-order chi connectivity index (χ0) is 15.6. The molecular formula is C16H18FNO2S. The lowest BCUT2D eigenvalue weighted by Crippen LogP contribution is -2.08. The molecule has 2 aromatic carbocycles. The van der Waals surface area contributed by atoms with Crippen LogP contribution in [0.1, 0.15) is 22.3 Å². The standard InChI is InChI=1S/C16H18FNO2S/c1-11-5-12(2)7-14(6-11)10-21(19,20)9-13-3-4-16(18)15(17)8-13/h3-8H,9-10,18H2,1-2H3. The van der Waals surface area contributed by atoms with Crippen LogP contribution in [0.4, 0.5) is 10.1 Å². The lowest BCUT2D eigenvalue weighted by atomic mass is 10.1. The Balaban J connectivity index is 2.20. The molecule has 2 aromatic rings. The van der Waals surface area contributed by atoms with Crippen LogP contribution in [0.3, 0.4) is 0 Å². The van der Waals surface area contributed by atoms with E-state index in [2.05, 4.69) is 0 Å². The monoisotopic (exact) mass is 307 g/mol. The molecule has 0 atom stereocenters. The number of anilines is 1. The number of nitrogens with two attached hydrogens (primary N) is 1. The molecule has 0 saturated carbocycles. The van der Waals surface area contributed by atoms with E-state index in [1.165, 1.54) is 18.2 Å². The first-order chi connectivity index (χ1) is 9.75. The van der Waals surface area contributed by atoms with Crippen LogP contribution in [-0.4, -0.2) is 8.42 Å². The number of benzene rings is 2. The zero-order valence-corrected chi connectivity index (χ0v) is 12.9. The number of aryl methyl sites for hydroxylation is 2. The van der Waals surface area contributed by atoms with Gasteiger partial charge in [0, 0.05) is 0 Å². The van der Waals surface area contributed by atoms with Gasteiger partial charge >= 0.3 is 0 Å². The summed E-state index contributed by atoms with van der Waals surface area (Å²) < 4.78 is 37.8. The molecule has 0 aliphatic rings. The van der Waals surface area contributed by atoms with Crippen LogP contribution < -0.4 is 5.73 Å². The summed E-state index contributed by atoms with van der Waals surface area (Å²) >= 11 is 0. The topological polar surface area (TPSA) is 60.2 Å². The summed E-state index contributed by atoms with van der Waals surface area (Å²) in [6.45, 7) is 3.86. The summed E-state index contributed by atoms with van der Waals surface area (Å²) in [5, 5.41) is 0. The van der Waals surface area contributed by atoms with E-state index in [4.69, 9.17) is 5.73 Å². The van der Waals surface area contributed by atoms with Crippen LogP contribution in [0.2, 0.25) is 0 Å². The Hall–Kier alpha value is -1.88. The van der Waals surface area contributed by atoms with E-state index in [9.17, 15) is 12.8 Å². The van der Waals surface area contributed by atoms with Gasteiger partial charge in [-0.3, -0.25) is 0 Å². The van der Waals surface area contributed by atoms with Gasteiger partial charge in [-0.25, -0.2) is 12.8 Å². The van der Waals surface area contributed by atoms with Crippen LogP contribution in [0.5, 0.6) is 0 Å². The maximum atomic E-state index is 13.4. The van der Waals surface area contributed by atoms with Gasteiger partial charge in [-0.2, -0.15) is 0 Å². The molecule has 0 aliphatic carbocycles. The molecular weight excluding hydrogens is 289 g/mol.